The summed E-state index contributed by atoms with van der Waals surface area (Å²) in [7, 11) is 3.49. The molecular formula is C45H46O2. The first-order valence-electron chi connectivity index (χ1n) is 17.9. The van der Waals surface area contributed by atoms with Gasteiger partial charge in [0.25, 0.3) is 0 Å². The van der Waals surface area contributed by atoms with Gasteiger partial charge in [0, 0.05) is 12.8 Å². The van der Waals surface area contributed by atoms with Gasteiger partial charge in [-0.2, -0.15) is 0 Å². The van der Waals surface area contributed by atoms with Gasteiger partial charge in [0.15, 0.2) is 0 Å². The molecule has 0 aromatic heterocycles. The smallest absolute Gasteiger partial charge is 0.118 e. The van der Waals surface area contributed by atoms with E-state index in [1.54, 1.807) is 36.5 Å². The fourth-order valence-corrected chi connectivity index (χ4v) is 9.06. The first kappa shape index (κ1) is 30.3. The Morgan fingerprint density at radius 1 is 0.511 bits per heavy atom. The number of ether oxygens (including phenoxy) is 2. The molecule has 0 N–H and O–H groups in total. The lowest BCUT2D eigenvalue weighted by atomic mass is 9.85. The number of benzene rings is 4. The molecular weight excluding hydrogens is 572 g/mol. The molecule has 0 spiro atoms. The second kappa shape index (κ2) is 13.2. The van der Waals surface area contributed by atoms with Crippen molar-refractivity contribution in [3.05, 3.63) is 131 Å². The highest BCUT2D eigenvalue weighted by atomic mass is 16.5. The van der Waals surface area contributed by atoms with Crippen LogP contribution in [-0.4, -0.2) is 14.2 Å². The highest BCUT2D eigenvalue weighted by Crippen LogP contribution is 2.51. The van der Waals surface area contributed by atoms with E-state index in [0.29, 0.717) is 11.8 Å². The number of allylic oxidation sites excluding steroid dienone is 4. The maximum atomic E-state index is 5.49. The quantitative estimate of drug-likeness (QED) is 0.176. The fourth-order valence-electron chi connectivity index (χ4n) is 9.06. The van der Waals surface area contributed by atoms with Gasteiger partial charge in [-0.1, -0.05) is 97.5 Å². The molecule has 4 aliphatic carbocycles. The minimum absolute atomic E-state index is 0.691. The topological polar surface area (TPSA) is 18.5 Å². The number of methoxy groups -OCH3 is 2. The van der Waals surface area contributed by atoms with E-state index in [1.165, 1.54) is 95.9 Å². The third kappa shape index (κ3) is 5.75. The van der Waals surface area contributed by atoms with Gasteiger partial charge in [0.2, 0.25) is 0 Å². The van der Waals surface area contributed by atoms with Crippen LogP contribution >= 0.6 is 0 Å². The van der Waals surface area contributed by atoms with E-state index in [-0.39, 0.29) is 0 Å². The number of fused-ring (bicyclic) bond motifs is 2. The summed E-state index contributed by atoms with van der Waals surface area (Å²) in [6.07, 6.45) is 19.2. The molecule has 0 atom stereocenters. The SMILES string of the molecule is COc1ccc(-c2cccc3c2C(CCCC2=C(C4CCCC4)[CH]c4cccc(-c5ccc(OC)cc5)c42)=C(C2CCCC2)[CH]3)cc1. The van der Waals surface area contributed by atoms with Crippen molar-refractivity contribution < 1.29 is 9.47 Å². The van der Waals surface area contributed by atoms with Crippen molar-refractivity contribution in [2.45, 2.75) is 70.6 Å². The van der Waals surface area contributed by atoms with Crippen LogP contribution in [0.4, 0.5) is 0 Å². The van der Waals surface area contributed by atoms with Gasteiger partial charge in [-0.3, -0.25) is 0 Å². The molecule has 2 fully saturated rings. The van der Waals surface area contributed by atoms with Gasteiger partial charge in [0.05, 0.1) is 14.2 Å². The molecule has 0 amide bonds. The molecule has 2 heteroatoms. The lowest BCUT2D eigenvalue weighted by Crippen LogP contribution is -2.01. The van der Waals surface area contributed by atoms with Gasteiger partial charge in [-0.05, 0) is 137 Å². The van der Waals surface area contributed by atoms with Gasteiger partial charge in [0.1, 0.15) is 11.5 Å². The molecule has 2 radical (unpaired) electrons. The average Bonchev–Trinajstić information content (AvgIpc) is 3.95. The summed E-state index contributed by atoms with van der Waals surface area (Å²) in [5.41, 5.74) is 17.5. The summed E-state index contributed by atoms with van der Waals surface area (Å²) < 4.78 is 11.0. The van der Waals surface area contributed by atoms with Crippen LogP contribution in [0.5, 0.6) is 11.5 Å². The standard InChI is InChI=1S/C45H46O2/c1-46-36-24-20-32(21-25-36)38-16-7-14-34-28-42(30-10-3-4-11-30)40(44(34)38)18-9-19-41-43(31-12-5-6-13-31)29-35-15-8-17-39(45(35)41)33-22-26-37(47-2)27-23-33/h7-8,14-17,20-31H,3-6,9-13,18-19H2,1-2H3. The van der Waals surface area contributed by atoms with E-state index in [9.17, 15) is 0 Å². The molecule has 238 valence electrons. The van der Waals surface area contributed by atoms with Crippen LogP contribution in [0.25, 0.3) is 33.4 Å². The van der Waals surface area contributed by atoms with Crippen LogP contribution in [0.1, 0.15) is 92.9 Å². The molecule has 0 heterocycles. The number of rotatable bonds is 10. The van der Waals surface area contributed by atoms with E-state index in [2.05, 4.69) is 97.8 Å². The Kier molecular flexibility index (Phi) is 8.53. The molecule has 8 rings (SSSR count). The summed E-state index contributed by atoms with van der Waals surface area (Å²) in [6, 6.07) is 31.1. The molecule has 4 aromatic rings. The Morgan fingerprint density at radius 3 is 1.30 bits per heavy atom. The van der Waals surface area contributed by atoms with Crippen molar-refractivity contribution in [2.24, 2.45) is 11.8 Å². The summed E-state index contributed by atoms with van der Waals surface area (Å²) >= 11 is 0. The lowest BCUT2D eigenvalue weighted by molar-refractivity contribution is 0.415. The second-order valence-electron chi connectivity index (χ2n) is 14.0. The van der Waals surface area contributed by atoms with Gasteiger partial charge < -0.3 is 9.47 Å². The number of hydrogen-bond donors (Lipinski definition) is 0. The average molecular weight is 619 g/mol. The maximum absolute atomic E-state index is 5.49. The lowest BCUT2D eigenvalue weighted by Gasteiger charge is -2.19. The monoisotopic (exact) mass is 618 g/mol. The molecule has 2 nitrogen and oxygen atoms in total. The highest BCUT2D eigenvalue weighted by Gasteiger charge is 2.33. The van der Waals surface area contributed by atoms with Crippen LogP contribution in [0.15, 0.2) is 96.1 Å². The molecule has 4 aliphatic rings. The first-order chi connectivity index (χ1) is 23.2. The van der Waals surface area contributed by atoms with Crippen molar-refractivity contribution in [2.75, 3.05) is 14.2 Å². The molecule has 0 saturated heterocycles. The van der Waals surface area contributed by atoms with Crippen molar-refractivity contribution in [1.29, 1.82) is 0 Å². The molecule has 0 bridgehead atoms. The Hall–Kier alpha value is -4.04. The molecule has 47 heavy (non-hydrogen) atoms. The van der Waals surface area contributed by atoms with Crippen LogP contribution in [-0.2, 0) is 0 Å². The van der Waals surface area contributed by atoms with Crippen LogP contribution in [0.2, 0.25) is 0 Å². The Bertz CT molecular complexity index is 1670. The largest absolute Gasteiger partial charge is 0.497 e. The molecule has 4 aromatic carbocycles. The molecule has 0 aliphatic heterocycles. The Labute approximate surface area is 281 Å². The van der Waals surface area contributed by atoms with E-state index in [1.807, 2.05) is 0 Å². The normalized spacial score (nSPS) is 17.9. The van der Waals surface area contributed by atoms with Crippen LogP contribution in [0.3, 0.4) is 0 Å². The third-order valence-electron chi connectivity index (χ3n) is 11.4. The van der Waals surface area contributed by atoms with Crippen LogP contribution in [0, 0.1) is 24.7 Å². The van der Waals surface area contributed by atoms with Crippen molar-refractivity contribution in [1.82, 2.24) is 0 Å². The summed E-state index contributed by atoms with van der Waals surface area (Å²) in [6.45, 7) is 0. The molecule has 0 unspecified atom stereocenters. The zero-order chi connectivity index (χ0) is 31.7. The van der Waals surface area contributed by atoms with Crippen molar-refractivity contribution in [3.8, 4) is 33.8 Å². The van der Waals surface area contributed by atoms with Crippen molar-refractivity contribution in [3.63, 3.8) is 0 Å². The fraction of sp³-hybridized carbons (Fsp3) is 0.333. The van der Waals surface area contributed by atoms with Gasteiger partial charge in [-0.25, -0.2) is 0 Å². The minimum atomic E-state index is 0.691. The van der Waals surface area contributed by atoms with E-state index < -0.39 is 0 Å². The first-order valence-corrected chi connectivity index (χ1v) is 17.9. The summed E-state index contributed by atoms with van der Waals surface area (Å²) in [5.74, 6) is 3.20. The Balaban J connectivity index is 1.15. The molecule has 2 saturated carbocycles. The van der Waals surface area contributed by atoms with E-state index in [0.717, 1.165) is 30.8 Å². The van der Waals surface area contributed by atoms with Crippen LogP contribution < -0.4 is 9.47 Å². The van der Waals surface area contributed by atoms with Gasteiger partial charge >= 0.3 is 0 Å². The minimum Gasteiger partial charge on any atom is -0.497 e. The predicted octanol–water partition coefficient (Wildman–Crippen LogP) is 11.9. The zero-order valence-electron chi connectivity index (χ0n) is 28.0. The highest BCUT2D eigenvalue weighted by molar-refractivity contribution is 5.92. The van der Waals surface area contributed by atoms with Crippen molar-refractivity contribution >= 4 is 11.1 Å². The zero-order valence-corrected chi connectivity index (χ0v) is 28.0. The van der Waals surface area contributed by atoms with E-state index >= 15 is 0 Å². The predicted molar refractivity (Wildman–Crippen MR) is 195 cm³/mol. The van der Waals surface area contributed by atoms with Gasteiger partial charge in [-0.15, -0.1) is 0 Å². The maximum Gasteiger partial charge on any atom is 0.118 e. The second-order valence-corrected chi connectivity index (χ2v) is 14.0. The Morgan fingerprint density at radius 2 is 0.915 bits per heavy atom. The van der Waals surface area contributed by atoms with E-state index in [4.69, 9.17) is 9.47 Å². The third-order valence-corrected chi connectivity index (χ3v) is 11.4. The number of hydrogen-bond acceptors (Lipinski definition) is 2. The summed E-state index contributed by atoms with van der Waals surface area (Å²) in [5, 5.41) is 0. The summed E-state index contributed by atoms with van der Waals surface area (Å²) in [4.78, 5) is 0.